The van der Waals surface area contributed by atoms with Gasteiger partial charge in [-0.05, 0) is 49.4 Å². The van der Waals surface area contributed by atoms with Crippen molar-refractivity contribution >= 4 is 28.7 Å². The molecule has 2 N–H and O–H groups in total. The zero-order valence-electron chi connectivity index (χ0n) is 21.0. The van der Waals surface area contributed by atoms with Crippen molar-refractivity contribution in [1.29, 1.82) is 0 Å². The van der Waals surface area contributed by atoms with Crippen molar-refractivity contribution in [2.24, 2.45) is 0 Å². The largest absolute Gasteiger partial charge is 0.468 e. The van der Waals surface area contributed by atoms with Gasteiger partial charge in [0.15, 0.2) is 0 Å². The van der Waals surface area contributed by atoms with Crippen molar-refractivity contribution in [1.82, 2.24) is 20.1 Å². The van der Waals surface area contributed by atoms with E-state index in [1.165, 1.54) is 7.11 Å². The van der Waals surface area contributed by atoms with Gasteiger partial charge in [-0.1, -0.05) is 48.5 Å². The highest BCUT2D eigenvalue weighted by Crippen LogP contribution is 2.43. The van der Waals surface area contributed by atoms with Gasteiger partial charge in [-0.2, -0.15) is 0 Å². The number of hydrogen-bond donors (Lipinski definition) is 2. The summed E-state index contributed by atoms with van der Waals surface area (Å²) in [5.74, 6) is -0.208. The van der Waals surface area contributed by atoms with E-state index in [2.05, 4.69) is 16.4 Å². The Morgan fingerprint density at radius 1 is 1.08 bits per heavy atom. The lowest BCUT2D eigenvalue weighted by Crippen LogP contribution is -2.65. The molecule has 3 aromatic rings. The molecule has 1 aromatic heterocycles. The molecule has 4 atom stereocenters. The number of ether oxygens (including phenoxy) is 1. The molecule has 0 radical (unpaired) electrons. The fourth-order valence-corrected chi connectivity index (χ4v) is 6.45. The van der Waals surface area contributed by atoms with E-state index in [1.807, 2.05) is 53.4 Å². The summed E-state index contributed by atoms with van der Waals surface area (Å²) >= 11 is 0. The van der Waals surface area contributed by atoms with Crippen LogP contribution in [-0.2, 0) is 32.0 Å². The zero-order valence-corrected chi connectivity index (χ0v) is 21.0. The molecule has 0 bridgehead atoms. The Morgan fingerprint density at radius 2 is 1.86 bits per heavy atom. The molecule has 0 saturated carbocycles. The van der Waals surface area contributed by atoms with Crippen LogP contribution in [0.2, 0.25) is 0 Å². The minimum atomic E-state index is -0.502. The Morgan fingerprint density at radius 3 is 2.68 bits per heavy atom. The summed E-state index contributed by atoms with van der Waals surface area (Å²) in [4.78, 5) is 47.1. The van der Waals surface area contributed by atoms with Gasteiger partial charge in [0, 0.05) is 29.6 Å². The Bertz CT molecular complexity index is 1340. The first kappa shape index (κ1) is 23.7. The molecule has 192 valence electrons. The van der Waals surface area contributed by atoms with E-state index in [1.54, 1.807) is 4.90 Å². The van der Waals surface area contributed by atoms with Crippen molar-refractivity contribution in [2.45, 2.75) is 56.3 Å². The van der Waals surface area contributed by atoms with Gasteiger partial charge in [-0.3, -0.25) is 14.4 Å². The average molecular weight is 501 g/mol. The highest BCUT2D eigenvalue weighted by Gasteiger charge is 2.52. The highest BCUT2D eigenvalue weighted by molar-refractivity contribution is 5.99. The predicted octanol–water partition coefficient (Wildman–Crippen LogP) is 2.73. The van der Waals surface area contributed by atoms with Crippen LogP contribution < -0.4 is 5.32 Å². The Balaban J connectivity index is 1.29. The van der Waals surface area contributed by atoms with Gasteiger partial charge in [0.2, 0.25) is 11.8 Å². The third kappa shape index (κ3) is 4.09. The molecule has 8 heteroatoms. The van der Waals surface area contributed by atoms with Crippen LogP contribution in [0.25, 0.3) is 10.9 Å². The van der Waals surface area contributed by atoms with Crippen LogP contribution >= 0.6 is 0 Å². The molecule has 0 aliphatic carbocycles. The third-order valence-electron chi connectivity index (χ3n) is 8.19. The van der Waals surface area contributed by atoms with Crippen molar-refractivity contribution in [3.63, 3.8) is 0 Å². The van der Waals surface area contributed by atoms with E-state index in [-0.39, 0.29) is 29.9 Å². The molecule has 2 amide bonds. The second kappa shape index (κ2) is 9.67. The number of hydrogen-bond acceptors (Lipinski definition) is 5. The molecule has 4 heterocycles. The van der Waals surface area contributed by atoms with Crippen LogP contribution in [0.1, 0.15) is 42.1 Å². The van der Waals surface area contributed by atoms with Gasteiger partial charge in [-0.25, -0.2) is 0 Å². The van der Waals surface area contributed by atoms with Crippen molar-refractivity contribution in [3.05, 3.63) is 71.4 Å². The summed E-state index contributed by atoms with van der Waals surface area (Å²) in [6, 6.07) is 16.3. The summed E-state index contributed by atoms with van der Waals surface area (Å²) in [5.41, 5.74) is 4.18. The lowest BCUT2D eigenvalue weighted by atomic mass is 9.86. The molecule has 8 nitrogen and oxygen atoms in total. The topological polar surface area (TPSA) is 94.7 Å². The van der Waals surface area contributed by atoms with E-state index >= 15 is 0 Å². The van der Waals surface area contributed by atoms with Crippen LogP contribution in [0.5, 0.6) is 0 Å². The molecule has 0 unspecified atom stereocenters. The van der Waals surface area contributed by atoms with Crippen molar-refractivity contribution < 1.29 is 19.1 Å². The number of nitrogens with zero attached hydrogens (tertiary/aromatic N) is 2. The number of H-pyrrole nitrogens is 1. The molecular weight excluding hydrogens is 468 g/mol. The molecule has 3 aliphatic heterocycles. The molecule has 3 aliphatic rings. The van der Waals surface area contributed by atoms with E-state index in [0.717, 1.165) is 40.6 Å². The van der Waals surface area contributed by atoms with Gasteiger partial charge in [0.05, 0.1) is 13.2 Å². The number of aromatic amines is 1. The monoisotopic (exact) mass is 500 g/mol. The molecular formula is C29H32N4O4. The maximum atomic E-state index is 13.7. The standard InChI is InChI=1S/C29H32N4O4/c1-37-29(36)22(16-18-8-3-2-4-9-18)30-14-13-23-26-20(19-10-5-6-11-21(19)31-26)17-25-27(34)32-15-7-12-24(32)28(35)33(23)25/h2-6,8-11,22-25,30-31H,7,12-17H2,1H3/t22-,23-,24+,25+/m1/s1. The van der Waals surface area contributed by atoms with Crippen LogP contribution in [0, 0.1) is 0 Å². The first-order valence-corrected chi connectivity index (χ1v) is 13.1. The summed E-state index contributed by atoms with van der Waals surface area (Å²) in [6.45, 7) is 1.15. The summed E-state index contributed by atoms with van der Waals surface area (Å²) in [6.07, 6.45) is 3.19. The third-order valence-corrected chi connectivity index (χ3v) is 8.19. The van der Waals surface area contributed by atoms with Gasteiger partial charge in [-0.15, -0.1) is 0 Å². The second-order valence-corrected chi connectivity index (χ2v) is 10.2. The van der Waals surface area contributed by atoms with E-state index < -0.39 is 12.1 Å². The number of nitrogens with one attached hydrogen (secondary N) is 2. The van der Waals surface area contributed by atoms with Crippen molar-refractivity contribution in [2.75, 3.05) is 20.2 Å². The van der Waals surface area contributed by atoms with E-state index in [0.29, 0.717) is 32.4 Å². The Kier molecular flexibility index (Phi) is 6.20. The smallest absolute Gasteiger partial charge is 0.323 e. The molecule has 2 fully saturated rings. The van der Waals surface area contributed by atoms with Gasteiger partial charge < -0.3 is 24.8 Å². The fraction of sp³-hybridized carbons (Fsp3) is 0.414. The quantitative estimate of drug-likeness (QED) is 0.487. The number of aromatic nitrogens is 1. The normalized spacial score (nSPS) is 23.5. The minimum Gasteiger partial charge on any atom is -0.468 e. The SMILES string of the molecule is COC(=O)[C@@H](Cc1ccccc1)NCC[C@@H]1c2[nH]c3ccccc3c2C[C@H]2C(=O)N3CCC[C@H]3C(=O)N12. The van der Waals surface area contributed by atoms with Crippen LogP contribution in [0.4, 0.5) is 0 Å². The Hall–Kier alpha value is -3.65. The number of amides is 2. The van der Waals surface area contributed by atoms with Gasteiger partial charge >= 0.3 is 5.97 Å². The number of carbonyl (C=O) groups excluding carboxylic acids is 3. The lowest BCUT2D eigenvalue weighted by molar-refractivity contribution is -0.163. The van der Waals surface area contributed by atoms with Crippen LogP contribution in [0.15, 0.2) is 54.6 Å². The number of benzene rings is 2. The maximum absolute atomic E-state index is 13.7. The zero-order chi connectivity index (χ0) is 25.5. The molecule has 2 aromatic carbocycles. The summed E-state index contributed by atoms with van der Waals surface area (Å²) < 4.78 is 5.07. The second-order valence-electron chi connectivity index (χ2n) is 10.2. The Labute approximate surface area is 216 Å². The number of fused-ring (bicyclic) bond motifs is 5. The minimum absolute atomic E-state index is 0.0465. The summed E-state index contributed by atoms with van der Waals surface area (Å²) in [7, 11) is 1.40. The van der Waals surface area contributed by atoms with E-state index in [4.69, 9.17) is 4.74 Å². The first-order valence-electron chi connectivity index (χ1n) is 13.1. The molecule has 37 heavy (non-hydrogen) atoms. The average Bonchev–Trinajstić information content (AvgIpc) is 3.57. The van der Waals surface area contributed by atoms with Crippen molar-refractivity contribution in [3.8, 4) is 0 Å². The lowest BCUT2D eigenvalue weighted by Gasteiger charge is -2.48. The predicted molar refractivity (Wildman–Crippen MR) is 139 cm³/mol. The van der Waals surface area contributed by atoms with Crippen LogP contribution in [0.3, 0.4) is 0 Å². The van der Waals surface area contributed by atoms with Crippen LogP contribution in [-0.4, -0.2) is 70.9 Å². The molecule has 0 spiro atoms. The fourth-order valence-electron chi connectivity index (χ4n) is 6.45. The van der Waals surface area contributed by atoms with Gasteiger partial charge in [0.25, 0.3) is 0 Å². The molecule has 6 rings (SSSR count). The van der Waals surface area contributed by atoms with E-state index in [9.17, 15) is 14.4 Å². The number of esters is 1. The number of piperazine rings is 1. The highest BCUT2D eigenvalue weighted by atomic mass is 16.5. The summed E-state index contributed by atoms with van der Waals surface area (Å²) in [5, 5.41) is 4.48. The number of rotatable bonds is 7. The first-order chi connectivity index (χ1) is 18.1. The number of carbonyl (C=O) groups is 3. The number of methoxy groups -OCH3 is 1. The maximum Gasteiger partial charge on any atom is 0.323 e. The molecule has 2 saturated heterocycles. The number of para-hydroxylation sites is 1. The van der Waals surface area contributed by atoms with Gasteiger partial charge in [0.1, 0.15) is 18.1 Å².